The van der Waals surface area contributed by atoms with Gasteiger partial charge in [-0.15, -0.1) is 6.58 Å². The fourth-order valence-electron chi connectivity index (χ4n) is 3.14. The Labute approximate surface area is 165 Å². The second kappa shape index (κ2) is 9.16. The topological polar surface area (TPSA) is 90.0 Å². The second-order valence-electron chi connectivity index (χ2n) is 6.55. The molecule has 8 heteroatoms. The monoisotopic (exact) mass is 407 g/mol. The third-order valence-corrected chi connectivity index (χ3v) is 6.38. The van der Waals surface area contributed by atoms with Crippen molar-refractivity contribution in [1.82, 2.24) is 4.31 Å². The summed E-state index contributed by atoms with van der Waals surface area (Å²) >= 11 is 0. The van der Waals surface area contributed by atoms with Crippen LogP contribution in [0, 0.1) is 6.92 Å². The summed E-state index contributed by atoms with van der Waals surface area (Å²) in [6.45, 7) is 6.77. The van der Waals surface area contributed by atoms with E-state index in [0.717, 1.165) is 9.87 Å². The summed E-state index contributed by atoms with van der Waals surface area (Å²) in [6.07, 6.45) is 4.49. The lowest BCUT2D eigenvalue weighted by molar-refractivity contribution is -0.147. The minimum atomic E-state index is -4.04. The molecule has 1 aliphatic carbocycles. The SMILES string of the molecule is C=CCC(C(=O)OC)N([C@H]1C=C[C@H](OC(C)=O)C1)S(=O)(=O)c1ccc(C)cc1. The second-order valence-corrected chi connectivity index (χ2v) is 8.39. The molecule has 0 bridgehead atoms. The van der Waals surface area contributed by atoms with Crippen molar-refractivity contribution in [3.05, 3.63) is 54.6 Å². The van der Waals surface area contributed by atoms with Gasteiger partial charge in [-0.1, -0.05) is 29.8 Å². The molecule has 152 valence electrons. The number of rotatable bonds is 8. The van der Waals surface area contributed by atoms with E-state index in [-0.39, 0.29) is 17.7 Å². The van der Waals surface area contributed by atoms with E-state index in [1.165, 1.54) is 32.2 Å². The van der Waals surface area contributed by atoms with Crippen LogP contribution in [0.2, 0.25) is 0 Å². The largest absolute Gasteiger partial charge is 0.468 e. The van der Waals surface area contributed by atoms with Gasteiger partial charge in [0.15, 0.2) is 0 Å². The highest BCUT2D eigenvalue weighted by atomic mass is 32.2. The van der Waals surface area contributed by atoms with Gasteiger partial charge in [-0.25, -0.2) is 8.42 Å². The highest BCUT2D eigenvalue weighted by molar-refractivity contribution is 7.89. The van der Waals surface area contributed by atoms with Crippen LogP contribution in [0.1, 0.15) is 25.3 Å². The van der Waals surface area contributed by atoms with Gasteiger partial charge in [0.25, 0.3) is 0 Å². The van der Waals surface area contributed by atoms with Crippen molar-refractivity contribution < 1.29 is 27.5 Å². The summed E-state index contributed by atoms with van der Waals surface area (Å²) in [6, 6.07) is 4.64. The van der Waals surface area contributed by atoms with Gasteiger partial charge in [0, 0.05) is 19.4 Å². The molecule has 7 nitrogen and oxygen atoms in total. The lowest BCUT2D eigenvalue weighted by atomic mass is 10.1. The first kappa shape index (κ1) is 21.8. The number of aryl methyl sites for hydroxylation is 1. The number of benzene rings is 1. The van der Waals surface area contributed by atoms with Gasteiger partial charge >= 0.3 is 11.9 Å². The first-order chi connectivity index (χ1) is 13.2. The molecule has 1 aromatic rings. The molecule has 1 aromatic carbocycles. The van der Waals surface area contributed by atoms with Crippen molar-refractivity contribution in [2.24, 2.45) is 0 Å². The van der Waals surface area contributed by atoms with Gasteiger partial charge in [-0.2, -0.15) is 4.31 Å². The van der Waals surface area contributed by atoms with Gasteiger partial charge in [0.2, 0.25) is 10.0 Å². The zero-order valence-corrected chi connectivity index (χ0v) is 17.0. The maximum Gasteiger partial charge on any atom is 0.324 e. The number of hydrogen-bond donors (Lipinski definition) is 0. The number of carbonyl (C=O) groups excluding carboxylic acids is 2. The summed E-state index contributed by atoms with van der Waals surface area (Å²) < 4.78 is 38.0. The number of esters is 2. The molecule has 0 fully saturated rings. The smallest absolute Gasteiger partial charge is 0.324 e. The summed E-state index contributed by atoms with van der Waals surface area (Å²) in [4.78, 5) is 23.7. The highest BCUT2D eigenvalue weighted by Crippen LogP contribution is 2.30. The first-order valence-electron chi connectivity index (χ1n) is 8.85. The number of methoxy groups -OCH3 is 1. The van der Waals surface area contributed by atoms with E-state index < -0.39 is 40.1 Å². The number of nitrogens with zero attached hydrogens (tertiary/aromatic N) is 1. The maximum absolute atomic E-state index is 13.4. The van der Waals surface area contributed by atoms with Crippen LogP contribution in [0.25, 0.3) is 0 Å². The molecule has 1 aliphatic rings. The van der Waals surface area contributed by atoms with Crippen molar-refractivity contribution in [2.45, 2.75) is 49.8 Å². The Balaban J connectivity index is 2.48. The molecule has 3 atom stereocenters. The van der Waals surface area contributed by atoms with Gasteiger partial charge in [-0.05, 0) is 31.6 Å². The average molecular weight is 407 g/mol. The Bertz CT molecular complexity index is 859. The van der Waals surface area contributed by atoms with Crippen molar-refractivity contribution in [3.8, 4) is 0 Å². The molecule has 0 N–H and O–H groups in total. The van der Waals surface area contributed by atoms with E-state index in [1.54, 1.807) is 24.3 Å². The minimum Gasteiger partial charge on any atom is -0.468 e. The number of hydrogen-bond acceptors (Lipinski definition) is 6. The standard InChI is InChI=1S/C20H25NO6S/c1-5-6-19(20(23)26-4)21(16-9-10-17(13-16)27-15(3)22)28(24,25)18-11-7-14(2)8-12-18/h5,7-12,16-17,19H,1,6,13H2,2-4H3/t16-,17-,19?/m0/s1. The lowest BCUT2D eigenvalue weighted by Gasteiger charge is -2.33. The average Bonchev–Trinajstić information content (AvgIpc) is 3.07. The van der Waals surface area contributed by atoms with Crippen LogP contribution < -0.4 is 0 Å². The number of ether oxygens (including phenoxy) is 2. The summed E-state index contributed by atoms with van der Waals surface area (Å²) in [5, 5.41) is 0. The normalized spacial score (nSPS) is 20.0. The van der Waals surface area contributed by atoms with E-state index in [2.05, 4.69) is 6.58 Å². The van der Waals surface area contributed by atoms with Gasteiger partial charge < -0.3 is 9.47 Å². The minimum absolute atomic E-state index is 0.0698. The molecule has 0 radical (unpaired) electrons. The van der Waals surface area contributed by atoms with Crippen molar-refractivity contribution in [2.75, 3.05) is 7.11 Å². The maximum atomic E-state index is 13.4. The quantitative estimate of drug-likeness (QED) is 0.485. The fourth-order valence-corrected chi connectivity index (χ4v) is 4.89. The van der Waals surface area contributed by atoms with Crippen LogP contribution in [0.15, 0.2) is 54.0 Å². The highest BCUT2D eigenvalue weighted by Gasteiger charge is 2.42. The zero-order valence-electron chi connectivity index (χ0n) is 16.2. The predicted octanol–water partition coefficient (Wildman–Crippen LogP) is 2.36. The molecule has 1 unspecified atom stereocenters. The van der Waals surface area contributed by atoms with Crippen LogP contribution in [0.5, 0.6) is 0 Å². The van der Waals surface area contributed by atoms with E-state index in [4.69, 9.17) is 9.47 Å². The molecule has 0 saturated carbocycles. The summed E-state index contributed by atoms with van der Waals surface area (Å²) in [7, 11) is -2.83. The van der Waals surface area contributed by atoms with Crippen LogP contribution in [-0.2, 0) is 29.1 Å². The van der Waals surface area contributed by atoms with Crippen molar-refractivity contribution in [3.63, 3.8) is 0 Å². The van der Waals surface area contributed by atoms with Crippen LogP contribution in [0.4, 0.5) is 0 Å². The predicted molar refractivity (Wildman–Crippen MR) is 104 cm³/mol. The Morgan fingerprint density at radius 1 is 1.29 bits per heavy atom. The van der Waals surface area contributed by atoms with E-state index in [0.29, 0.717) is 0 Å². The van der Waals surface area contributed by atoms with Gasteiger partial charge in [0.05, 0.1) is 12.0 Å². The van der Waals surface area contributed by atoms with E-state index in [1.807, 2.05) is 6.92 Å². The zero-order chi connectivity index (χ0) is 20.9. The third kappa shape index (κ3) is 4.88. The molecule has 0 heterocycles. The molecule has 0 saturated heterocycles. The Morgan fingerprint density at radius 3 is 2.46 bits per heavy atom. The van der Waals surface area contributed by atoms with Crippen molar-refractivity contribution in [1.29, 1.82) is 0 Å². The molecular weight excluding hydrogens is 382 g/mol. The molecule has 0 aliphatic heterocycles. The van der Waals surface area contributed by atoms with E-state index in [9.17, 15) is 18.0 Å². The summed E-state index contributed by atoms with van der Waals surface area (Å²) in [5.41, 5.74) is 0.914. The molecule has 28 heavy (non-hydrogen) atoms. The fraction of sp³-hybridized carbons (Fsp3) is 0.400. The van der Waals surface area contributed by atoms with Crippen LogP contribution in [0.3, 0.4) is 0 Å². The van der Waals surface area contributed by atoms with E-state index >= 15 is 0 Å². The Morgan fingerprint density at radius 2 is 1.93 bits per heavy atom. The van der Waals surface area contributed by atoms with Crippen LogP contribution >= 0.6 is 0 Å². The number of carbonyl (C=O) groups is 2. The van der Waals surface area contributed by atoms with Crippen molar-refractivity contribution >= 4 is 22.0 Å². The van der Waals surface area contributed by atoms with Gasteiger partial charge in [-0.3, -0.25) is 9.59 Å². The Kier molecular flexibility index (Phi) is 7.15. The Hall–Kier alpha value is -2.45. The summed E-state index contributed by atoms with van der Waals surface area (Å²) in [5.74, 6) is -1.14. The number of sulfonamides is 1. The third-order valence-electron chi connectivity index (χ3n) is 4.43. The lowest BCUT2D eigenvalue weighted by Crippen LogP contribution is -2.50. The molecular formula is C20H25NO6S. The molecule has 0 amide bonds. The molecule has 0 aromatic heterocycles. The first-order valence-corrected chi connectivity index (χ1v) is 10.3. The van der Waals surface area contributed by atoms with Gasteiger partial charge in [0.1, 0.15) is 12.1 Å². The van der Waals surface area contributed by atoms with Crippen LogP contribution in [-0.4, -0.2) is 50.0 Å². The molecule has 2 rings (SSSR count). The molecule has 0 spiro atoms.